The Morgan fingerprint density at radius 1 is 1.12 bits per heavy atom. The van der Waals surface area contributed by atoms with Crippen LogP contribution in [0.15, 0.2) is 24.3 Å². The number of benzene rings is 1. The van der Waals surface area contributed by atoms with Crippen LogP contribution < -0.4 is 9.08 Å². The van der Waals surface area contributed by atoms with Crippen molar-refractivity contribution in [2.45, 2.75) is 50.3 Å². The molecule has 13 heteroatoms. The van der Waals surface area contributed by atoms with Crippen LogP contribution in [0.3, 0.4) is 0 Å². The topological polar surface area (TPSA) is 89.0 Å². The Morgan fingerprint density at radius 2 is 1.79 bits per heavy atom. The highest BCUT2D eigenvalue weighted by Gasteiger charge is 2.54. The molecule has 1 amide bonds. The maximum absolute atomic E-state index is 14.8. The van der Waals surface area contributed by atoms with E-state index >= 15 is 0 Å². The van der Waals surface area contributed by atoms with Gasteiger partial charge in [0, 0.05) is 36.8 Å². The van der Waals surface area contributed by atoms with Crippen molar-refractivity contribution in [2.75, 3.05) is 24.5 Å². The molecule has 2 aromatic rings. The van der Waals surface area contributed by atoms with Crippen LogP contribution in [-0.4, -0.2) is 60.7 Å². The molecule has 2 aliphatic rings. The van der Waals surface area contributed by atoms with Crippen molar-refractivity contribution in [3.8, 4) is 5.88 Å². The van der Waals surface area contributed by atoms with Gasteiger partial charge in [-0.1, -0.05) is 0 Å². The van der Waals surface area contributed by atoms with Crippen LogP contribution in [0.4, 0.5) is 28.0 Å². The molecule has 0 bridgehead atoms. The molecule has 1 aliphatic carbocycles. The molecule has 2 heterocycles. The van der Waals surface area contributed by atoms with E-state index in [1.165, 1.54) is 12.1 Å². The van der Waals surface area contributed by atoms with E-state index in [-0.39, 0.29) is 17.0 Å². The van der Waals surface area contributed by atoms with Crippen molar-refractivity contribution in [1.82, 2.24) is 9.88 Å². The number of aromatic nitrogens is 1. The number of fused-ring (bicyclic) bond motifs is 1. The molecule has 1 aromatic heterocycles. The molecule has 8 nitrogen and oxygen atoms in total. The van der Waals surface area contributed by atoms with Gasteiger partial charge >= 0.3 is 21.7 Å². The Kier molecular flexibility index (Phi) is 5.61. The minimum Gasteiger partial charge on any atom is -0.444 e. The molecule has 1 spiro atoms. The van der Waals surface area contributed by atoms with Crippen LogP contribution in [0.2, 0.25) is 0 Å². The predicted molar refractivity (Wildman–Crippen MR) is 114 cm³/mol. The van der Waals surface area contributed by atoms with E-state index in [2.05, 4.69) is 9.17 Å². The number of ether oxygens (including phenoxy) is 1. The van der Waals surface area contributed by atoms with E-state index in [9.17, 15) is 30.8 Å². The van der Waals surface area contributed by atoms with Gasteiger partial charge in [0.25, 0.3) is 0 Å². The largest absolute Gasteiger partial charge is 0.534 e. The van der Waals surface area contributed by atoms with Crippen molar-refractivity contribution in [2.24, 2.45) is 0 Å². The lowest BCUT2D eigenvalue weighted by atomic mass is 10.1. The van der Waals surface area contributed by atoms with E-state index in [1.54, 1.807) is 31.7 Å². The first-order valence-corrected chi connectivity index (χ1v) is 11.9. The predicted octanol–water partition coefficient (Wildman–Crippen LogP) is 4.19. The highest BCUT2D eigenvalue weighted by molar-refractivity contribution is 7.87. The molecule has 186 valence electrons. The summed E-state index contributed by atoms with van der Waals surface area (Å²) in [6, 6.07) is 4.95. The van der Waals surface area contributed by atoms with Gasteiger partial charge in [-0.05, 0) is 51.8 Å². The fourth-order valence-corrected chi connectivity index (χ4v) is 4.33. The van der Waals surface area contributed by atoms with Gasteiger partial charge in [-0.25, -0.2) is 14.2 Å². The highest BCUT2D eigenvalue weighted by Crippen LogP contribution is 2.46. The number of hydrogen-bond acceptors (Lipinski definition) is 7. The van der Waals surface area contributed by atoms with Crippen LogP contribution in [-0.2, 0) is 14.9 Å². The maximum Gasteiger partial charge on any atom is 0.534 e. The number of anilines is 1. The van der Waals surface area contributed by atoms with Crippen LogP contribution in [0.1, 0.15) is 33.6 Å². The molecular weight excluding hydrogens is 482 g/mol. The zero-order chi connectivity index (χ0) is 25.1. The number of halogens is 4. The summed E-state index contributed by atoms with van der Waals surface area (Å²) in [7, 11) is -5.92. The molecule has 1 saturated carbocycles. The number of alkyl halides is 3. The summed E-state index contributed by atoms with van der Waals surface area (Å²) in [5.41, 5.74) is -6.47. The molecular formula is C21H23F4N3O5S. The number of carbonyl (C=O) groups is 1. The van der Waals surface area contributed by atoms with Crippen LogP contribution in [0.25, 0.3) is 10.9 Å². The van der Waals surface area contributed by atoms with Crippen molar-refractivity contribution in [1.29, 1.82) is 0 Å². The lowest BCUT2D eigenvalue weighted by molar-refractivity contribution is -0.0501. The van der Waals surface area contributed by atoms with E-state index in [0.29, 0.717) is 25.3 Å². The second-order valence-corrected chi connectivity index (χ2v) is 10.9. The first-order valence-electron chi connectivity index (χ1n) is 10.5. The van der Waals surface area contributed by atoms with Gasteiger partial charge in [0.2, 0.25) is 5.88 Å². The van der Waals surface area contributed by atoms with E-state index in [0.717, 1.165) is 18.9 Å². The third-order valence-corrected chi connectivity index (χ3v) is 6.60. The Labute approximate surface area is 193 Å². The molecule has 1 aromatic carbocycles. The third kappa shape index (κ3) is 4.70. The second-order valence-electron chi connectivity index (χ2n) is 9.41. The summed E-state index contributed by atoms with van der Waals surface area (Å²) in [5, 5.41) is 0.256. The van der Waals surface area contributed by atoms with Gasteiger partial charge in [0.15, 0.2) is 5.82 Å². The van der Waals surface area contributed by atoms with Crippen LogP contribution in [0.5, 0.6) is 5.88 Å². The minimum atomic E-state index is -5.92. The highest BCUT2D eigenvalue weighted by atomic mass is 32.2. The average Bonchev–Trinajstić information content (AvgIpc) is 3.44. The summed E-state index contributed by atoms with van der Waals surface area (Å²) < 4.78 is 84.4. The maximum atomic E-state index is 14.8. The zero-order valence-electron chi connectivity index (χ0n) is 18.6. The van der Waals surface area contributed by atoms with Gasteiger partial charge in [0.05, 0.1) is 5.54 Å². The fourth-order valence-electron chi connectivity index (χ4n) is 3.92. The number of nitrogens with zero attached hydrogens (tertiary/aromatic N) is 3. The fraction of sp³-hybridized carbons (Fsp3) is 0.524. The molecule has 1 saturated heterocycles. The van der Waals surface area contributed by atoms with Gasteiger partial charge in [-0.3, -0.25) is 4.90 Å². The van der Waals surface area contributed by atoms with Gasteiger partial charge in [-0.2, -0.15) is 21.6 Å². The van der Waals surface area contributed by atoms with E-state index < -0.39 is 38.5 Å². The Hall–Kier alpha value is -2.83. The number of rotatable bonds is 3. The summed E-state index contributed by atoms with van der Waals surface area (Å²) in [6.07, 6.45) is 1.18. The quantitative estimate of drug-likeness (QED) is 0.351. The number of piperazine rings is 1. The molecule has 0 unspecified atom stereocenters. The Morgan fingerprint density at radius 3 is 2.38 bits per heavy atom. The van der Waals surface area contributed by atoms with E-state index in [4.69, 9.17) is 4.74 Å². The summed E-state index contributed by atoms with van der Waals surface area (Å²) in [5.74, 6) is -1.74. The second kappa shape index (κ2) is 7.85. The van der Waals surface area contributed by atoms with Crippen LogP contribution >= 0.6 is 0 Å². The monoisotopic (exact) mass is 505 g/mol. The first-order chi connectivity index (χ1) is 15.6. The normalized spacial score (nSPS) is 18.3. The van der Waals surface area contributed by atoms with Gasteiger partial charge < -0.3 is 13.8 Å². The number of carbonyl (C=O) groups excluding carboxylic acids is 1. The zero-order valence-corrected chi connectivity index (χ0v) is 19.5. The van der Waals surface area contributed by atoms with Crippen molar-refractivity contribution in [3.05, 3.63) is 30.1 Å². The van der Waals surface area contributed by atoms with Gasteiger partial charge in [0.1, 0.15) is 11.1 Å². The molecule has 4 rings (SSSR count). The molecule has 0 radical (unpaired) electrons. The third-order valence-electron chi connectivity index (χ3n) is 5.64. The number of pyridine rings is 1. The number of hydrogen-bond donors (Lipinski definition) is 0. The first kappa shape index (κ1) is 24.3. The molecule has 1 aliphatic heterocycles. The smallest absolute Gasteiger partial charge is 0.444 e. The number of amides is 1. The molecule has 34 heavy (non-hydrogen) atoms. The van der Waals surface area contributed by atoms with E-state index in [1.807, 2.05) is 4.90 Å². The Balaban J connectivity index is 1.55. The molecule has 0 N–H and O–H groups in total. The molecule has 0 atom stereocenters. The van der Waals surface area contributed by atoms with Crippen molar-refractivity contribution < 1.29 is 39.7 Å². The Bertz CT molecular complexity index is 1240. The standard InChI is InChI=1S/C21H23F4N3O5S/c1-19(2,3)32-18(29)28-9-8-27(12-20(28)6-7-20)14-10-13-4-5-16(26-17(13)15(22)11-14)33-34(30,31)21(23,24)25/h4-5,10-11H,6-9,12H2,1-3H3. The summed E-state index contributed by atoms with van der Waals surface area (Å²) in [4.78, 5) is 19.9. The minimum absolute atomic E-state index is 0.256. The van der Waals surface area contributed by atoms with Crippen molar-refractivity contribution in [3.63, 3.8) is 0 Å². The lowest BCUT2D eigenvalue weighted by Crippen LogP contribution is -2.58. The summed E-state index contributed by atoms with van der Waals surface area (Å²) >= 11 is 0. The average molecular weight is 505 g/mol. The summed E-state index contributed by atoms with van der Waals surface area (Å²) in [6.45, 7) is 6.65. The SMILES string of the molecule is CC(C)(C)OC(=O)N1CCN(c2cc(F)c3nc(OS(=O)(=O)C(F)(F)F)ccc3c2)CC12CC2. The lowest BCUT2D eigenvalue weighted by Gasteiger charge is -2.43. The van der Waals surface area contributed by atoms with Crippen molar-refractivity contribution >= 4 is 32.8 Å². The van der Waals surface area contributed by atoms with Crippen LogP contribution in [0, 0.1) is 5.82 Å². The van der Waals surface area contributed by atoms with Gasteiger partial charge in [-0.15, -0.1) is 0 Å². The molecule has 2 fully saturated rings.